The summed E-state index contributed by atoms with van der Waals surface area (Å²) in [4.78, 5) is 26.6. The van der Waals surface area contributed by atoms with Crippen LogP contribution in [0.25, 0.3) is 0 Å². The maximum absolute atomic E-state index is 12.7. The molecule has 0 saturated heterocycles. The van der Waals surface area contributed by atoms with Crippen LogP contribution in [0.2, 0.25) is 0 Å². The second-order valence-corrected chi connectivity index (χ2v) is 8.44. The molecule has 0 saturated carbocycles. The summed E-state index contributed by atoms with van der Waals surface area (Å²) in [5.74, 6) is 0.246. The number of hydrogen-bond acceptors (Lipinski definition) is 5. The lowest BCUT2D eigenvalue weighted by Gasteiger charge is -2.29. The zero-order chi connectivity index (χ0) is 21.2. The highest BCUT2D eigenvalue weighted by Crippen LogP contribution is 2.25. The Morgan fingerprint density at radius 2 is 1.83 bits per heavy atom. The summed E-state index contributed by atoms with van der Waals surface area (Å²) in [5.41, 5.74) is 9.55. The lowest BCUT2D eigenvalue weighted by Crippen LogP contribution is -2.39. The molecule has 156 valence electrons. The van der Waals surface area contributed by atoms with Crippen molar-refractivity contribution in [3.05, 3.63) is 46.6 Å². The van der Waals surface area contributed by atoms with Gasteiger partial charge in [-0.2, -0.15) is 9.78 Å². The average molecular weight is 399 g/mol. The molecule has 1 aliphatic rings. The predicted molar refractivity (Wildman–Crippen MR) is 112 cm³/mol. The van der Waals surface area contributed by atoms with Gasteiger partial charge in [-0.05, 0) is 51.2 Å². The van der Waals surface area contributed by atoms with Gasteiger partial charge >= 0.3 is 6.09 Å². The van der Waals surface area contributed by atoms with Gasteiger partial charge in [-0.3, -0.25) is 4.79 Å². The number of hydrogen-bond donors (Lipinski definition) is 1. The number of ether oxygens (including phenoxy) is 1. The average Bonchev–Trinajstić information content (AvgIpc) is 3.01. The van der Waals surface area contributed by atoms with Crippen LogP contribution in [0.15, 0.2) is 24.3 Å². The van der Waals surface area contributed by atoms with Crippen LogP contribution in [0.1, 0.15) is 61.3 Å². The minimum Gasteiger partial charge on any atom is -0.444 e. The topological polar surface area (TPSA) is 90.5 Å². The normalized spacial score (nSPS) is 13.9. The Hall–Kier alpha value is -2.83. The van der Waals surface area contributed by atoms with E-state index in [-0.39, 0.29) is 12.0 Å². The van der Waals surface area contributed by atoms with Crippen molar-refractivity contribution in [2.75, 3.05) is 12.3 Å². The molecule has 3 rings (SSSR count). The number of carbonyl (C=O) groups is 2. The highest BCUT2D eigenvalue weighted by Gasteiger charge is 2.30. The molecule has 1 aromatic heterocycles. The largest absolute Gasteiger partial charge is 0.444 e. The van der Waals surface area contributed by atoms with E-state index in [1.165, 1.54) is 10.2 Å². The summed E-state index contributed by atoms with van der Waals surface area (Å²) in [7, 11) is 0. The van der Waals surface area contributed by atoms with Crippen LogP contribution in [0, 0.1) is 0 Å². The number of anilines is 1. The van der Waals surface area contributed by atoms with Crippen LogP contribution < -0.4 is 5.73 Å². The Morgan fingerprint density at radius 3 is 2.45 bits per heavy atom. The van der Waals surface area contributed by atoms with Crippen molar-refractivity contribution < 1.29 is 14.3 Å². The van der Waals surface area contributed by atoms with Crippen molar-refractivity contribution in [3.8, 4) is 0 Å². The molecule has 1 aliphatic heterocycles. The molecule has 1 amide bonds. The fourth-order valence-electron chi connectivity index (χ4n) is 3.39. The lowest BCUT2D eigenvalue weighted by molar-refractivity contribution is 0.0221. The smallest absolute Gasteiger partial charge is 0.410 e. The predicted octanol–water partition coefficient (Wildman–Crippen LogP) is 3.59. The van der Waals surface area contributed by atoms with Crippen LogP contribution in [0.4, 0.5) is 10.6 Å². The molecule has 2 N–H and O–H groups in total. The number of benzene rings is 1. The molecular weight excluding hydrogens is 368 g/mol. The molecule has 0 atom stereocenters. The molecule has 0 fully saturated rings. The number of rotatable bonds is 4. The van der Waals surface area contributed by atoms with Crippen LogP contribution in [-0.2, 0) is 30.5 Å². The van der Waals surface area contributed by atoms with Gasteiger partial charge in [-0.1, -0.05) is 31.2 Å². The molecule has 7 nitrogen and oxygen atoms in total. The molecule has 1 aromatic carbocycles. The summed E-state index contributed by atoms with van der Waals surface area (Å²) in [6, 6.07) is 8.29. The van der Waals surface area contributed by atoms with Crippen molar-refractivity contribution in [3.63, 3.8) is 0 Å². The zero-order valence-corrected chi connectivity index (χ0v) is 17.7. The number of nitrogen functional groups attached to an aromatic ring is 1. The maximum Gasteiger partial charge on any atom is 0.410 e. The van der Waals surface area contributed by atoms with Gasteiger partial charge in [0.25, 0.3) is 0 Å². The Bertz CT molecular complexity index is 894. The lowest BCUT2D eigenvalue weighted by atomic mass is 10.1. The molecular formula is C22H30N4O3. The van der Waals surface area contributed by atoms with Gasteiger partial charge in [0, 0.05) is 18.5 Å². The first kappa shape index (κ1) is 20.9. The number of aromatic nitrogens is 2. The van der Waals surface area contributed by atoms with E-state index in [4.69, 9.17) is 10.5 Å². The van der Waals surface area contributed by atoms with E-state index >= 15 is 0 Å². The number of fused-ring (bicyclic) bond motifs is 1. The van der Waals surface area contributed by atoms with Gasteiger partial charge in [0.2, 0.25) is 5.91 Å². The number of aryl methyl sites for hydroxylation is 2. The number of nitrogens with two attached hydrogens (primary N) is 1. The van der Waals surface area contributed by atoms with Crippen LogP contribution >= 0.6 is 0 Å². The Kier molecular flexibility index (Phi) is 5.96. The third kappa shape index (κ3) is 4.96. The molecule has 7 heteroatoms. The highest BCUT2D eigenvalue weighted by molar-refractivity contribution is 5.82. The summed E-state index contributed by atoms with van der Waals surface area (Å²) in [6.45, 7) is 8.41. The molecule has 0 spiro atoms. The van der Waals surface area contributed by atoms with Crippen LogP contribution in [0.3, 0.4) is 0 Å². The van der Waals surface area contributed by atoms with E-state index in [9.17, 15) is 9.59 Å². The number of carbonyl (C=O) groups excluding carboxylic acids is 2. The van der Waals surface area contributed by atoms with Gasteiger partial charge in [0.05, 0.1) is 12.2 Å². The molecule has 2 aromatic rings. The molecule has 0 aliphatic carbocycles. The summed E-state index contributed by atoms with van der Waals surface area (Å²) in [6.07, 6.45) is 2.14. The van der Waals surface area contributed by atoms with E-state index in [2.05, 4.69) is 36.3 Å². The first-order chi connectivity index (χ1) is 13.7. The summed E-state index contributed by atoms with van der Waals surface area (Å²) >= 11 is 0. The summed E-state index contributed by atoms with van der Waals surface area (Å²) < 4.78 is 6.73. The summed E-state index contributed by atoms with van der Waals surface area (Å²) in [5, 5.41) is 4.41. The quantitative estimate of drug-likeness (QED) is 0.850. The fourth-order valence-corrected chi connectivity index (χ4v) is 3.39. The minimum absolute atomic E-state index is 0.139. The van der Waals surface area contributed by atoms with E-state index in [0.29, 0.717) is 43.9 Å². The molecule has 2 heterocycles. The molecule has 0 radical (unpaired) electrons. The fraction of sp³-hybridized carbons (Fsp3) is 0.500. The van der Waals surface area contributed by atoms with Gasteiger partial charge in [0.15, 0.2) is 0 Å². The van der Waals surface area contributed by atoms with Crippen molar-refractivity contribution >= 4 is 17.8 Å². The molecule has 29 heavy (non-hydrogen) atoms. The van der Waals surface area contributed by atoms with E-state index in [1.54, 1.807) is 4.90 Å². The van der Waals surface area contributed by atoms with Crippen LogP contribution in [0.5, 0.6) is 0 Å². The van der Waals surface area contributed by atoms with Gasteiger partial charge < -0.3 is 15.4 Å². The Labute approximate surface area is 171 Å². The minimum atomic E-state index is -0.555. The third-order valence-electron chi connectivity index (χ3n) is 5.03. The second kappa shape index (κ2) is 8.27. The molecule has 0 bridgehead atoms. The van der Waals surface area contributed by atoms with Crippen molar-refractivity contribution in [2.24, 2.45) is 0 Å². The van der Waals surface area contributed by atoms with E-state index < -0.39 is 5.60 Å². The van der Waals surface area contributed by atoms with Crippen LogP contribution in [-0.4, -0.2) is 38.8 Å². The number of amides is 1. The van der Waals surface area contributed by atoms with E-state index in [0.717, 1.165) is 17.5 Å². The SMILES string of the molecule is CCc1ccc(CCC(=O)n2nc3c(c2N)CCN(C(=O)OC(C)(C)C)C3)cc1. The van der Waals surface area contributed by atoms with E-state index in [1.807, 2.05) is 20.8 Å². The van der Waals surface area contributed by atoms with Gasteiger partial charge in [-0.25, -0.2) is 4.79 Å². The second-order valence-electron chi connectivity index (χ2n) is 8.44. The number of nitrogens with zero attached hydrogens (tertiary/aromatic N) is 3. The first-order valence-corrected chi connectivity index (χ1v) is 10.1. The third-order valence-corrected chi connectivity index (χ3v) is 5.03. The standard InChI is InChI=1S/C22H30N4O3/c1-5-15-6-8-16(9-7-15)10-11-19(27)26-20(23)17-12-13-25(14-18(17)24-26)21(28)29-22(2,3)4/h6-9H,5,10-14,23H2,1-4H3. The van der Waals surface area contributed by atoms with Crippen molar-refractivity contribution in [1.82, 2.24) is 14.7 Å². The van der Waals surface area contributed by atoms with Crippen molar-refractivity contribution in [2.45, 2.75) is 65.5 Å². The van der Waals surface area contributed by atoms with Gasteiger partial charge in [0.1, 0.15) is 11.4 Å². The zero-order valence-electron chi connectivity index (χ0n) is 17.7. The maximum atomic E-state index is 12.7. The first-order valence-electron chi connectivity index (χ1n) is 10.1. The highest BCUT2D eigenvalue weighted by atomic mass is 16.6. The van der Waals surface area contributed by atoms with Crippen molar-refractivity contribution in [1.29, 1.82) is 0 Å². The van der Waals surface area contributed by atoms with Gasteiger partial charge in [-0.15, -0.1) is 0 Å². The Morgan fingerprint density at radius 1 is 1.17 bits per heavy atom. The molecule has 0 unspecified atom stereocenters. The monoisotopic (exact) mass is 398 g/mol. The Balaban J connectivity index is 1.66.